The molecule has 84 valence electrons. The maximum Gasteiger partial charge on any atom is 0.0776 e. The first-order valence-electron chi connectivity index (χ1n) is 5.32. The monoisotopic (exact) mass is 207 g/mol. The summed E-state index contributed by atoms with van der Waals surface area (Å²) in [6.45, 7) is 6.14. The van der Waals surface area contributed by atoms with Gasteiger partial charge in [-0.05, 0) is 32.8 Å². The van der Waals surface area contributed by atoms with Crippen molar-refractivity contribution in [3.63, 3.8) is 0 Å². The van der Waals surface area contributed by atoms with Gasteiger partial charge in [0.25, 0.3) is 0 Å². The van der Waals surface area contributed by atoms with Gasteiger partial charge in [0.1, 0.15) is 0 Å². The SMILES string of the molecule is COC(C)(C)C(N)Cc1cccc(C)c1. The lowest BCUT2D eigenvalue weighted by molar-refractivity contribution is 0.000803. The summed E-state index contributed by atoms with van der Waals surface area (Å²) < 4.78 is 5.38. The molecule has 0 aliphatic carbocycles. The van der Waals surface area contributed by atoms with Gasteiger partial charge in [0, 0.05) is 13.2 Å². The van der Waals surface area contributed by atoms with Crippen LogP contribution in [-0.2, 0) is 11.2 Å². The van der Waals surface area contributed by atoms with E-state index in [1.807, 2.05) is 13.8 Å². The molecule has 1 aromatic rings. The molecule has 0 aliphatic rings. The molecule has 15 heavy (non-hydrogen) atoms. The smallest absolute Gasteiger partial charge is 0.0776 e. The van der Waals surface area contributed by atoms with E-state index in [-0.39, 0.29) is 11.6 Å². The van der Waals surface area contributed by atoms with Crippen molar-refractivity contribution in [1.29, 1.82) is 0 Å². The Balaban J connectivity index is 2.70. The van der Waals surface area contributed by atoms with Gasteiger partial charge < -0.3 is 10.5 Å². The van der Waals surface area contributed by atoms with Crippen LogP contribution in [0.25, 0.3) is 0 Å². The lowest BCUT2D eigenvalue weighted by atomic mass is 9.92. The van der Waals surface area contributed by atoms with Crippen LogP contribution in [0.3, 0.4) is 0 Å². The van der Waals surface area contributed by atoms with Gasteiger partial charge >= 0.3 is 0 Å². The van der Waals surface area contributed by atoms with Crippen molar-refractivity contribution >= 4 is 0 Å². The summed E-state index contributed by atoms with van der Waals surface area (Å²) in [6.07, 6.45) is 0.850. The van der Waals surface area contributed by atoms with E-state index >= 15 is 0 Å². The van der Waals surface area contributed by atoms with Gasteiger partial charge in [-0.2, -0.15) is 0 Å². The minimum Gasteiger partial charge on any atom is -0.377 e. The Bertz CT molecular complexity index is 320. The number of rotatable bonds is 4. The molecule has 0 spiro atoms. The predicted octanol–water partition coefficient (Wildman–Crippen LogP) is 2.29. The van der Waals surface area contributed by atoms with Crippen molar-refractivity contribution in [3.8, 4) is 0 Å². The van der Waals surface area contributed by atoms with Crippen molar-refractivity contribution in [2.24, 2.45) is 5.73 Å². The highest BCUT2D eigenvalue weighted by Crippen LogP contribution is 2.16. The van der Waals surface area contributed by atoms with Crippen LogP contribution in [0.15, 0.2) is 24.3 Å². The lowest BCUT2D eigenvalue weighted by Crippen LogP contribution is -2.46. The van der Waals surface area contributed by atoms with Crippen LogP contribution < -0.4 is 5.73 Å². The third kappa shape index (κ3) is 3.33. The number of aryl methyl sites for hydroxylation is 1. The van der Waals surface area contributed by atoms with Gasteiger partial charge in [-0.25, -0.2) is 0 Å². The third-order valence-electron chi connectivity index (χ3n) is 2.96. The Hall–Kier alpha value is -0.860. The van der Waals surface area contributed by atoms with E-state index in [9.17, 15) is 0 Å². The first kappa shape index (κ1) is 12.2. The molecule has 0 radical (unpaired) electrons. The maximum absolute atomic E-state index is 6.12. The Morgan fingerprint density at radius 2 is 2.07 bits per heavy atom. The Morgan fingerprint density at radius 3 is 2.60 bits per heavy atom. The fourth-order valence-corrected chi connectivity index (χ4v) is 1.49. The third-order valence-corrected chi connectivity index (χ3v) is 2.96. The van der Waals surface area contributed by atoms with Crippen molar-refractivity contribution in [1.82, 2.24) is 0 Å². The number of ether oxygens (including phenoxy) is 1. The van der Waals surface area contributed by atoms with Crippen LogP contribution in [0.2, 0.25) is 0 Å². The van der Waals surface area contributed by atoms with E-state index in [0.717, 1.165) is 6.42 Å². The molecule has 2 N–H and O–H groups in total. The number of methoxy groups -OCH3 is 1. The normalized spacial score (nSPS) is 13.9. The molecule has 0 fully saturated rings. The van der Waals surface area contributed by atoms with Crippen LogP contribution in [0, 0.1) is 6.92 Å². The van der Waals surface area contributed by atoms with Gasteiger partial charge in [0.2, 0.25) is 0 Å². The Morgan fingerprint density at radius 1 is 1.40 bits per heavy atom. The highest BCUT2D eigenvalue weighted by Gasteiger charge is 2.25. The minimum absolute atomic E-state index is 0.0179. The first-order valence-corrected chi connectivity index (χ1v) is 5.32. The predicted molar refractivity (Wildman–Crippen MR) is 63.9 cm³/mol. The minimum atomic E-state index is -0.274. The molecule has 1 unspecified atom stereocenters. The zero-order valence-corrected chi connectivity index (χ0v) is 10.1. The highest BCUT2D eigenvalue weighted by atomic mass is 16.5. The number of nitrogens with two attached hydrogens (primary N) is 1. The molecule has 0 amide bonds. The van der Waals surface area contributed by atoms with Crippen molar-refractivity contribution in [2.75, 3.05) is 7.11 Å². The van der Waals surface area contributed by atoms with Crippen molar-refractivity contribution < 1.29 is 4.74 Å². The van der Waals surface area contributed by atoms with Crippen molar-refractivity contribution in [2.45, 2.75) is 38.8 Å². The van der Waals surface area contributed by atoms with Crippen LogP contribution in [-0.4, -0.2) is 18.8 Å². The molecular formula is C13H21NO. The van der Waals surface area contributed by atoms with Gasteiger partial charge in [-0.15, -0.1) is 0 Å². The van der Waals surface area contributed by atoms with E-state index in [1.54, 1.807) is 7.11 Å². The summed E-state index contributed by atoms with van der Waals surface area (Å²) >= 11 is 0. The van der Waals surface area contributed by atoms with Gasteiger partial charge in [-0.3, -0.25) is 0 Å². The summed E-state index contributed by atoms with van der Waals surface area (Å²) in [4.78, 5) is 0. The molecule has 1 atom stereocenters. The average molecular weight is 207 g/mol. The number of hydrogen-bond acceptors (Lipinski definition) is 2. The van der Waals surface area contributed by atoms with Crippen LogP contribution >= 0.6 is 0 Å². The van der Waals surface area contributed by atoms with Gasteiger partial charge in [0.15, 0.2) is 0 Å². The summed E-state index contributed by atoms with van der Waals surface area (Å²) in [7, 11) is 1.70. The Kier molecular flexibility index (Phi) is 3.89. The zero-order valence-electron chi connectivity index (χ0n) is 10.1. The molecule has 1 aromatic carbocycles. The molecule has 1 rings (SSSR count). The molecule has 0 saturated carbocycles. The second-order valence-electron chi connectivity index (χ2n) is 4.61. The second-order valence-corrected chi connectivity index (χ2v) is 4.61. The standard InChI is InChI=1S/C13H21NO/c1-10-6-5-7-11(8-10)9-12(14)13(2,3)15-4/h5-8,12H,9,14H2,1-4H3. The fourth-order valence-electron chi connectivity index (χ4n) is 1.49. The maximum atomic E-state index is 6.12. The topological polar surface area (TPSA) is 35.2 Å². The number of benzene rings is 1. The van der Waals surface area contributed by atoms with E-state index in [1.165, 1.54) is 11.1 Å². The van der Waals surface area contributed by atoms with Crippen LogP contribution in [0.1, 0.15) is 25.0 Å². The van der Waals surface area contributed by atoms with E-state index in [2.05, 4.69) is 31.2 Å². The molecule has 0 bridgehead atoms. The Labute approximate surface area is 92.4 Å². The highest BCUT2D eigenvalue weighted by molar-refractivity contribution is 5.23. The fraction of sp³-hybridized carbons (Fsp3) is 0.538. The quantitative estimate of drug-likeness (QED) is 0.822. The zero-order chi connectivity index (χ0) is 11.5. The van der Waals surface area contributed by atoms with E-state index < -0.39 is 0 Å². The molecule has 0 aliphatic heterocycles. The van der Waals surface area contributed by atoms with Crippen LogP contribution in [0.4, 0.5) is 0 Å². The second kappa shape index (κ2) is 4.77. The molecular weight excluding hydrogens is 186 g/mol. The van der Waals surface area contributed by atoms with E-state index in [0.29, 0.717) is 0 Å². The van der Waals surface area contributed by atoms with Crippen molar-refractivity contribution in [3.05, 3.63) is 35.4 Å². The van der Waals surface area contributed by atoms with Crippen LogP contribution in [0.5, 0.6) is 0 Å². The summed E-state index contributed by atoms with van der Waals surface area (Å²) in [5.41, 5.74) is 8.39. The van der Waals surface area contributed by atoms with Gasteiger partial charge in [0.05, 0.1) is 5.60 Å². The summed E-state index contributed by atoms with van der Waals surface area (Å²) in [5, 5.41) is 0. The molecule has 0 saturated heterocycles. The average Bonchev–Trinajstić information content (AvgIpc) is 2.17. The summed E-state index contributed by atoms with van der Waals surface area (Å²) in [5.74, 6) is 0. The molecule has 0 heterocycles. The lowest BCUT2D eigenvalue weighted by Gasteiger charge is -2.30. The molecule has 2 heteroatoms. The molecule has 0 aromatic heterocycles. The molecule has 2 nitrogen and oxygen atoms in total. The first-order chi connectivity index (χ1) is 6.95. The van der Waals surface area contributed by atoms with Gasteiger partial charge in [-0.1, -0.05) is 29.8 Å². The largest absolute Gasteiger partial charge is 0.377 e. The number of hydrogen-bond donors (Lipinski definition) is 1. The summed E-state index contributed by atoms with van der Waals surface area (Å²) in [6, 6.07) is 8.46. The van der Waals surface area contributed by atoms with E-state index in [4.69, 9.17) is 10.5 Å².